The zero-order valence-corrected chi connectivity index (χ0v) is 18.1. The van der Waals surface area contributed by atoms with Crippen molar-refractivity contribution >= 4 is 39.6 Å². The molecule has 0 unspecified atom stereocenters. The molecule has 2 aromatic heterocycles. The highest BCUT2D eigenvalue weighted by atomic mass is 16.5. The van der Waals surface area contributed by atoms with Crippen molar-refractivity contribution in [2.24, 2.45) is 0 Å². The van der Waals surface area contributed by atoms with Crippen LogP contribution in [0.2, 0.25) is 0 Å². The van der Waals surface area contributed by atoms with E-state index in [2.05, 4.69) is 71.3 Å². The molecule has 0 radical (unpaired) electrons. The molecule has 0 saturated carbocycles. The van der Waals surface area contributed by atoms with Crippen LogP contribution in [0.15, 0.2) is 103 Å². The number of hydrogen-bond donors (Lipinski definition) is 0. The van der Waals surface area contributed by atoms with Gasteiger partial charge in [-0.15, -0.1) is 0 Å². The van der Waals surface area contributed by atoms with E-state index in [0.717, 1.165) is 56.3 Å². The standard InChI is InChI=1S/C29H17BN2O2/c1-5-13-22-18(9-1)19-10-2-6-14-23(19)32(22)27-17-26-28-29(31-27)20-11-3-7-15-24(20)34-30(28)21-12-4-8-16-25(21)33-26/h1-17H. The Kier molecular flexibility index (Phi) is 3.45. The Morgan fingerprint density at radius 2 is 1.29 bits per heavy atom. The molecule has 2 aliphatic heterocycles. The highest BCUT2D eigenvalue weighted by Gasteiger charge is 2.41. The van der Waals surface area contributed by atoms with Crippen LogP contribution in [0.4, 0.5) is 0 Å². The summed E-state index contributed by atoms with van der Waals surface area (Å²) in [6.45, 7) is -0.246. The van der Waals surface area contributed by atoms with Crippen molar-refractivity contribution < 1.29 is 9.39 Å². The van der Waals surface area contributed by atoms with E-state index in [9.17, 15) is 0 Å². The van der Waals surface area contributed by atoms with Crippen LogP contribution in [-0.2, 0) is 0 Å². The lowest BCUT2D eigenvalue weighted by atomic mass is 9.51. The van der Waals surface area contributed by atoms with Crippen molar-refractivity contribution in [3.63, 3.8) is 0 Å². The van der Waals surface area contributed by atoms with Gasteiger partial charge in [0.1, 0.15) is 23.1 Å². The van der Waals surface area contributed by atoms with Gasteiger partial charge in [-0.05, 0) is 30.3 Å². The number of pyridine rings is 1. The fraction of sp³-hybridized carbons (Fsp3) is 0. The van der Waals surface area contributed by atoms with E-state index in [-0.39, 0.29) is 6.92 Å². The van der Waals surface area contributed by atoms with Crippen LogP contribution in [0.3, 0.4) is 0 Å². The Balaban J connectivity index is 1.48. The minimum Gasteiger partial charge on any atom is -0.551 e. The summed E-state index contributed by atoms with van der Waals surface area (Å²) in [7, 11) is 0. The van der Waals surface area contributed by atoms with E-state index in [1.54, 1.807) is 0 Å². The molecule has 0 atom stereocenters. The third-order valence-corrected chi connectivity index (χ3v) is 6.89. The Labute approximate surface area is 196 Å². The molecular formula is C29H17BN2O2. The van der Waals surface area contributed by atoms with Crippen LogP contribution < -0.4 is 20.3 Å². The first-order valence-corrected chi connectivity index (χ1v) is 11.4. The lowest BCUT2D eigenvalue weighted by Crippen LogP contribution is -2.53. The predicted molar refractivity (Wildman–Crippen MR) is 136 cm³/mol. The van der Waals surface area contributed by atoms with Gasteiger partial charge < -0.3 is 9.39 Å². The molecule has 0 N–H and O–H groups in total. The monoisotopic (exact) mass is 436 g/mol. The highest BCUT2D eigenvalue weighted by Crippen LogP contribution is 2.40. The van der Waals surface area contributed by atoms with Gasteiger partial charge in [-0.2, -0.15) is 0 Å². The zero-order valence-electron chi connectivity index (χ0n) is 18.1. The molecule has 2 aliphatic rings. The van der Waals surface area contributed by atoms with E-state index >= 15 is 0 Å². The number of ether oxygens (including phenoxy) is 1. The first kappa shape index (κ1) is 18.0. The van der Waals surface area contributed by atoms with E-state index in [4.69, 9.17) is 14.4 Å². The topological polar surface area (TPSA) is 36.3 Å². The number of aromatic nitrogens is 2. The minimum absolute atomic E-state index is 0.246. The Hall–Kier alpha value is -4.51. The van der Waals surface area contributed by atoms with E-state index in [1.807, 2.05) is 36.4 Å². The summed E-state index contributed by atoms with van der Waals surface area (Å²) >= 11 is 0. The summed E-state index contributed by atoms with van der Waals surface area (Å²) in [5.41, 5.74) is 6.16. The molecule has 4 nitrogen and oxygen atoms in total. The number of rotatable bonds is 1. The van der Waals surface area contributed by atoms with Gasteiger partial charge in [0.15, 0.2) is 0 Å². The first-order chi connectivity index (χ1) is 16.9. The van der Waals surface area contributed by atoms with Crippen molar-refractivity contribution in [1.29, 1.82) is 0 Å². The van der Waals surface area contributed by atoms with Gasteiger partial charge in [-0.1, -0.05) is 66.7 Å². The molecule has 158 valence electrons. The third-order valence-electron chi connectivity index (χ3n) is 6.89. The fourth-order valence-electron chi connectivity index (χ4n) is 5.42. The molecule has 6 aromatic rings. The predicted octanol–water partition coefficient (Wildman–Crippen LogP) is 5.45. The molecule has 0 spiro atoms. The molecule has 0 saturated heterocycles. The third kappa shape index (κ3) is 2.31. The summed E-state index contributed by atoms with van der Waals surface area (Å²) in [6.07, 6.45) is 0. The van der Waals surface area contributed by atoms with Gasteiger partial charge in [-0.25, -0.2) is 4.98 Å². The quantitative estimate of drug-likeness (QED) is 0.322. The second-order valence-corrected chi connectivity index (χ2v) is 8.74. The van der Waals surface area contributed by atoms with E-state index in [1.165, 1.54) is 10.8 Å². The maximum atomic E-state index is 6.51. The SMILES string of the molecule is c1ccc2c(c1)Oc1cc(-n3c4ccccc4c4ccccc43)nc3c1B2Oc1ccccc1-3. The molecule has 34 heavy (non-hydrogen) atoms. The molecule has 0 aliphatic carbocycles. The Morgan fingerprint density at radius 1 is 0.647 bits per heavy atom. The molecule has 8 rings (SSSR count). The molecule has 0 bridgehead atoms. The number of hydrogen-bond acceptors (Lipinski definition) is 3. The molecule has 4 heterocycles. The molecule has 4 aromatic carbocycles. The smallest absolute Gasteiger partial charge is 0.436 e. The summed E-state index contributed by atoms with van der Waals surface area (Å²) in [6, 6.07) is 35.2. The van der Waals surface area contributed by atoms with Crippen LogP contribution in [0.25, 0.3) is 38.9 Å². The normalized spacial score (nSPS) is 13.1. The second-order valence-electron chi connectivity index (χ2n) is 8.74. The highest BCUT2D eigenvalue weighted by molar-refractivity contribution is 6.84. The van der Waals surface area contributed by atoms with Gasteiger partial charge >= 0.3 is 6.92 Å². The van der Waals surface area contributed by atoms with Crippen LogP contribution in [0.5, 0.6) is 17.2 Å². The summed E-state index contributed by atoms with van der Waals surface area (Å²) in [5, 5.41) is 2.42. The second kappa shape index (κ2) is 6.52. The van der Waals surface area contributed by atoms with Crippen LogP contribution in [-0.4, -0.2) is 16.5 Å². The van der Waals surface area contributed by atoms with Crippen LogP contribution in [0.1, 0.15) is 0 Å². The van der Waals surface area contributed by atoms with Gasteiger partial charge in [0, 0.05) is 33.3 Å². The van der Waals surface area contributed by atoms with Crippen molar-refractivity contribution in [2.75, 3.05) is 0 Å². The van der Waals surface area contributed by atoms with Crippen molar-refractivity contribution in [3.8, 4) is 34.3 Å². The van der Waals surface area contributed by atoms with Gasteiger partial charge in [0.25, 0.3) is 0 Å². The van der Waals surface area contributed by atoms with E-state index < -0.39 is 0 Å². The largest absolute Gasteiger partial charge is 0.551 e. The fourth-order valence-corrected chi connectivity index (χ4v) is 5.42. The summed E-state index contributed by atoms with van der Waals surface area (Å²) in [4.78, 5) is 5.27. The van der Waals surface area contributed by atoms with Crippen LogP contribution in [0, 0.1) is 0 Å². The van der Waals surface area contributed by atoms with Crippen molar-refractivity contribution in [1.82, 2.24) is 9.55 Å². The first-order valence-electron chi connectivity index (χ1n) is 11.4. The van der Waals surface area contributed by atoms with Crippen molar-refractivity contribution in [2.45, 2.75) is 0 Å². The number of fused-ring (bicyclic) bond motifs is 7. The maximum absolute atomic E-state index is 6.51. The number of para-hydroxylation sites is 4. The van der Waals surface area contributed by atoms with E-state index in [0.29, 0.717) is 0 Å². The summed E-state index contributed by atoms with van der Waals surface area (Å²) < 4.78 is 15.2. The van der Waals surface area contributed by atoms with Gasteiger partial charge in [0.05, 0.1) is 16.7 Å². The molecule has 0 fully saturated rings. The summed E-state index contributed by atoms with van der Waals surface area (Å²) in [5.74, 6) is 3.29. The molecule has 5 heteroatoms. The average molecular weight is 436 g/mol. The number of nitrogens with zero attached hydrogens (tertiary/aromatic N) is 2. The Bertz CT molecular complexity index is 1740. The van der Waals surface area contributed by atoms with Gasteiger partial charge in [0.2, 0.25) is 0 Å². The molecule has 0 amide bonds. The number of benzene rings is 4. The van der Waals surface area contributed by atoms with Gasteiger partial charge in [-0.3, -0.25) is 4.57 Å². The van der Waals surface area contributed by atoms with Crippen LogP contribution >= 0.6 is 0 Å². The van der Waals surface area contributed by atoms with Crippen molar-refractivity contribution in [3.05, 3.63) is 103 Å². The Morgan fingerprint density at radius 3 is 2.09 bits per heavy atom. The zero-order chi connectivity index (χ0) is 22.2. The molecular weight excluding hydrogens is 419 g/mol. The maximum Gasteiger partial charge on any atom is 0.436 e. The lowest BCUT2D eigenvalue weighted by molar-refractivity contribution is 0.478. The minimum atomic E-state index is -0.246. The lowest BCUT2D eigenvalue weighted by Gasteiger charge is -2.32. The average Bonchev–Trinajstić information content (AvgIpc) is 3.23.